The highest BCUT2D eigenvalue weighted by molar-refractivity contribution is 7.91. The van der Waals surface area contributed by atoms with Crippen molar-refractivity contribution in [1.29, 1.82) is 0 Å². The Morgan fingerprint density at radius 2 is 2.00 bits per heavy atom. The Bertz CT molecular complexity index is 576. The van der Waals surface area contributed by atoms with Gasteiger partial charge >= 0.3 is 0 Å². The molecule has 0 aliphatic carbocycles. The maximum Gasteiger partial charge on any atom is 0.151 e. The Hall–Kier alpha value is -0.980. The lowest BCUT2D eigenvalue weighted by Gasteiger charge is -2.27. The predicted molar refractivity (Wildman–Crippen MR) is 80.2 cm³/mol. The molecule has 118 valence electrons. The topological polar surface area (TPSA) is 57.6 Å². The molecule has 1 aromatic rings. The van der Waals surface area contributed by atoms with Crippen LogP contribution < -0.4 is 0 Å². The number of rotatable bonds is 4. The lowest BCUT2D eigenvalue weighted by atomic mass is 9.96. The highest BCUT2D eigenvalue weighted by Gasteiger charge is 2.24. The van der Waals surface area contributed by atoms with Gasteiger partial charge < -0.3 is 10.0 Å². The zero-order valence-electron chi connectivity index (χ0n) is 12.2. The minimum atomic E-state index is -2.93. The lowest BCUT2D eigenvalue weighted by molar-refractivity contribution is 0.0873. The van der Waals surface area contributed by atoms with Crippen LogP contribution in [0.15, 0.2) is 24.3 Å². The third-order valence-electron chi connectivity index (χ3n) is 3.96. The first-order valence-electron chi connectivity index (χ1n) is 7.24. The standard InChI is InChI=1S/C15H22FNO3S/c1-12(15(18)13-5-2-3-6-14(13)16)11-17-7-4-9-21(19,20)10-8-17/h2-3,5-6,12,15,18H,4,7-11H2,1H3. The summed E-state index contributed by atoms with van der Waals surface area (Å²) >= 11 is 0. The Balaban J connectivity index is 1.98. The highest BCUT2D eigenvalue weighted by Crippen LogP contribution is 2.25. The summed E-state index contributed by atoms with van der Waals surface area (Å²) in [5.41, 5.74) is 0.299. The van der Waals surface area contributed by atoms with Gasteiger partial charge in [0.2, 0.25) is 0 Å². The molecule has 1 N–H and O–H groups in total. The second-order valence-electron chi connectivity index (χ2n) is 5.75. The first-order valence-corrected chi connectivity index (χ1v) is 9.06. The van der Waals surface area contributed by atoms with E-state index in [0.29, 0.717) is 31.6 Å². The van der Waals surface area contributed by atoms with Gasteiger partial charge in [-0.3, -0.25) is 0 Å². The lowest BCUT2D eigenvalue weighted by Crippen LogP contribution is -2.33. The number of benzene rings is 1. The van der Waals surface area contributed by atoms with E-state index in [2.05, 4.69) is 0 Å². The molecule has 1 aliphatic rings. The van der Waals surface area contributed by atoms with E-state index < -0.39 is 21.8 Å². The molecule has 21 heavy (non-hydrogen) atoms. The smallest absolute Gasteiger partial charge is 0.151 e. The molecule has 0 amide bonds. The van der Waals surface area contributed by atoms with Gasteiger partial charge in [0.1, 0.15) is 5.82 Å². The molecule has 1 saturated heterocycles. The van der Waals surface area contributed by atoms with Crippen LogP contribution in [0.2, 0.25) is 0 Å². The zero-order chi connectivity index (χ0) is 15.5. The number of nitrogens with zero attached hydrogens (tertiary/aromatic N) is 1. The second kappa shape index (κ2) is 6.85. The molecule has 1 aliphatic heterocycles. The summed E-state index contributed by atoms with van der Waals surface area (Å²) in [4.78, 5) is 2.04. The molecule has 1 aromatic carbocycles. The Morgan fingerprint density at radius 3 is 2.71 bits per heavy atom. The van der Waals surface area contributed by atoms with Gasteiger partial charge in [-0.25, -0.2) is 12.8 Å². The maximum atomic E-state index is 13.7. The van der Waals surface area contributed by atoms with Crippen molar-refractivity contribution in [2.75, 3.05) is 31.1 Å². The summed E-state index contributed by atoms with van der Waals surface area (Å²) < 4.78 is 36.8. The quantitative estimate of drug-likeness (QED) is 0.917. The zero-order valence-corrected chi connectivity index (χ0v) is 13.0. The van der Waals surface area contributed by atoms with Crippen LogP contribution >= 0.6 is 0 Å². The first kappa shape index (κ1) is 16.4. The minimum Gasteiger partial charge on any atom is -0.388 e. The van der Waals surface area contributed by atoms with E-state index in [9.17, 15) is 17.9 Å². The summed E-state index contributed by atoms with van der Waals surface area (Å²) in [6.07, 6.45) is -0.267. The second-order valence-corrected chi connectivity index (χ2v) is 8.05. The van der Waals surface area contributed by atoms with Crippen LogP contribution in [-0.2, 0) is 9.84 Å². The average molecular weight is 315 g/mol. The molecule has 2 rings (SSSR count). The fraction of sp³-hybridized carbons (Fsp3) is 0.600. The number of sulfone groups is 1. The summed E-state index contributed by atoms with van der Waals surface area (Å²) in [6.45, 7) is 3.60. The van der Waals surface area contributed by atoms with Crippen LogP contribution in [0.25, 0.3) is 0 Å². The molecule has 2 unspecified atom stereocenters. The van der Waals surface area contributed by atoms with Crippen molar-refractivity contribution in [3.63, 3.8) is 0 Å². The van der Waals surface area contributed by atoms with Gasteiger partial charge in [-0.05, 0) is 24.9 Å². The van der Waals surface area contributed by atoms with Crippen LogP contribution in [0, 0.1) is 11.7 Å². The van der Waals surface area contributed by atoms with Crippen molar-refractivity contribution < 1.29 is 17.9 Å². The molecule has 0 radical (unpaired) electrons. The summed E-state index contributed by atoms with van der Waals surface area (Å²) in [5.74, 6) is -0.179. The monoisotopic (exact) mass is 315 g/mol. The van der Waals surface area contributed by atoms with E-state index >= 15 is 0 Å². The fourth-order valence-corrected chi connectivity index (χ4v) is 4.01. The van der Waals surface area contributed by atoms with Crippen molar-refractivity contribution in [2.24, 2.45) is 5.92 Å². The van der Waals surface area contributed by atoms with Crippen LogP contribution in [0.5, 0.6) is 0 Å². The molecule has 0 aromatic heterocycles. The Kier molecular flexibility index (Phi) is 5.35. The van der Waals surface area contributed by atoms with Gasteiger partial charge in [0.25, 0.3) is 0 Å². The fourth-order valence-electron chi connectivity index (χ4n) is 2.70. The van der Waals surface area contributed by atoms with Crippen molar-refractivity contribution in [3.05, 3.63) is 35.6 Å². The van der Waals surface area contributed by atoms with E-state index in [1.165, 1.54) is 6.07 Å². The molecular formula is C15H22FNO3S. The van der Waals surface area contributed by atoms with E-state index in [1.54, 1.807) is 18.2 Å². The van der Waals surface area contributed by atoms with Gasteiger partial charge in [-0.15, -0.1) is 0 Å². The molecular weight excluding hydrogens is 293 g/mol. The largest absolute Gasteiger partial charge is 0.388 e. The first-order chi connectivity index (χ1) is 9.89. The van der Waals surface area contributed by atoms with Crippen LogP contribution in [0.1, 0.15) is 25.0 Å². The van der Waals surface area contributed by atoms with Crippen LogP contribution in [-0.4, -0.2) is 49.6 Å². The van der Waals surface area contributed by atoms with Gasteiger partial charge in [-0.1, -0.05) is 25.1 Å². The third kappa shape index (κ3) is 4.49. The number of aliphatic hydroxyl groups is 1. The number of hydrogen-bond acceptors (Lipinski definition) is 4. The van der Waals surface area contributed by atoms with E-state index in [-0.39, 0.29) is 17.4 Å². The molecule has 0 spiro atoms. The van der Waals surface area contributed by atoms with Gasteiger partial charge in [0.15, 0.2) is 9.84 Å². The predicted octanol–water partition coefficient (Wildman–Crippen LogP) is 1.62. The van der Waals surface area contributed by atoms with Crippen molar-refractivity contribution in [1.82, 2.24) is 4.90 Å². The number of halogens is 1. The summed E-state index contributed by atoms with van der Waals surface area (Å²) in [6, 6.07) is 6.22. The van der Waals surface area contributed by atoms with Gasteiger partial charge in [-0.2, -0.15) is 0 Å². The summed E-state index contributed by atoms with van der Waals surface area (Å²) in [5, 5.41) is 10.3. The van der Waals surface area contributed by atoms with E-state index in [0.717, 1.165) is 0 Å². The number of aliphatic hydroxyl groups excluding tert-OH is 1. The van der Waals surface area contributed by atoms with E-state index in [4.69, 9.17) is 0 Å². The summed E-state index contributed by atoms with van der Waals surface area (Å²) in [7, 11) is -2.93. The van der Waals surface area contributed by atoms with Gasteiger partial charge in [0.05, 0.1) is 17.6 Å². The molecule has 1 fully saturated rings. The molecule has 6 heteroatoms. The normalized spacial score (nSPS) is 22.4. The minimum absolute atomic E-state index is 0.162. The van der Waals surface area contributed by atoms with Crippen molar-refractivity contribution in [3.8, 4) is 0 Å². The molecule has 2 atom stereocenters. The molecule has 1 heterocycles. The van der Waals surface area contributed by atoms with Crippen molar-refractivity contribution in [2.45, 2.75) is 19.4 Å². The molecule has 0 saturated carbocycles. The third-order valence-corrected chi connectivity index (χ3v) is 5.67. The SMILES string of the molecule is CC(CN1CCCS(=O)(=O)CC1)C(O)c1ccccc1F. The maximum absolute atomic E-state index is 13.7. The highest BCUT2D eigenvalue weighted by atomic mass is 32.2. The van der Waals surface area contributed by atoms with Crippen molar-refractivity contribution >= 4 is 9.84 Å². The van der Waals surface area contributed by atoms with Gasteiger partial charge in [0, 0.05) is 18.7 Å². The van der Waals surface area contributed by atoms with E-state index in [1.807, 2.05) is 11.8 Å². The van der Waals surface area contributed by atoms with Crippen LogP contribution in [0.3, 0.4) is 0 Å². The van der Waals surface area contributed by atoms with Crippen LogP contribution in [0.4, 0.5) is 4.39 Å². The molecule has 0 bridgehead atoms. The molecule has 4 nitrogen and oxygen atoms in total. The Labute approximate surface area is 125 Å². The Morgan fingerprint density at radius 1 is 1.29 bits per heavy atom. The average Bonchev–Trinajstić information content (AvgIpc) is 2.60. The number of hydrogen-bond donors (Lipinski definition) is 1.